The lowest BCUT2D eigenvalue weighted by atomic mass is 10.1. The summed E-state index contributed by atoms with van der Waals surface area (Å²) >= 11 is 0. The minimum atomic E-state index is -0.765. The zero-order valence-electron chi connectivity index (χ0n) is 9.97. The molecule has 0 aromatic carbocycles. The summed E-state index contributed by atoms with van der Waals surface area (Å²) in [5.41, 5.74) is 0. The summed E-state index contributed by atoms with van der Waals surface area (Å²) in [7, 11) is 3.90. The Morgan fingerprint density at radius 3 is 2.00 bits per heavy atom. The predicted octanol–water partition coefficient (Wildman–Crippen LogP) is 1.59. The van der Waals surface area contributed by atoms with Crippen molar-refractivity contribution in [1.29, 1.82) is 0 Å². The molecule has 0 aliphatic carbocycles. The second-order valence-corrected chi connectivity index (χ2v) is 3.87. The van der Waals surface area contributed by atoms with E-state index in [9.17, 15) is 0 Å². The summed E-state index contributed by atoms with van der Waals surface area (Å²) in [6, 6.07) is 0. The van der Waals surface area contributed by atoms with Crippen molar-refractivity contribution in [2.24, 2.45) is 0 Å². The summed E-state index contributed by atoms with van der Waals surface area (Å²) < 4.78 is 15.8. The molecule has 0 unspecified atom stereocenters. The van der Waals surface area contributed by atoms with Gasteiger partial charge in [0.2, 0.25) is 0 Å². The highest BCUT2D eigenvalue weighted by Gasteiger charge is 2.27. The Labute approximate surface area is 90.7 Å². The molecule has 3 nitrogen and oxygen atoms in total. The van der Waals surface area contributed by atoms with E-state index in [0.29, 0.717) is 10.5 Å². The third-order valence-electron chi connectivity index (χ3n) is 2.52. The second-order valence-electron chi connectivity index (χ2n) is 3.46. The highest BCUT2D eigenvalue weighted by atomic mass is 28.2. The van der Waals surface area contributed by atoms with Crippen LogP contribution < -0.4 is 0 Å². The highest BCUT2D eigenvalue weighted by Crippen LogP contribution is 2.20. The van der Waals surface area contributed by atoms with E-state index in [1.807, 2.05) is 0 Å². The molecule has 0 spiro atoms. The maximum atomic E-state index is 5.34. The summed E-state index contributed by atoms with van der Waals surface area (Å²) in [5, 5.41) is 0. The zero-order valence-corrected chi connectivity index (χ0v) is 12.0. The van der Waals surface area contributed by atoms with E-state index in [2.05, 4.69) is 6.92 Å². The van der Waals surface area contributed by atoms with E-state index in [-0.39, 0.29) is 0 Å². The fourth-order valence-corrected chi connectivity index (χ4v) is 2.04. The van der Waals surface area contributed by atoms with Crippen LogP contribution in [0.4, 0.5) is 0 Å². The number of methoxy groups -OCH3 is 2. The van der Waals surface area contributed by atoms with Gasteiger partial charge in [0.05, 0.1) is 0 Å². The summed E-state index contributed by atoms with van der Waals surface area (Å²) in [6.07, 6.45) is 7.04. The molecule has 0 aliphatic heterocycles. The monoisotopic (exact) mass is 220 g/mol. The average Bonchev–Trinajstić information content (AvgIpc) is 2.24. The van der Waals surface area contributed by atoms with Crippen molar-refractivity contribution < 1.29 is 13.9 Å². The average molecular weight is 220 g/mol. The first kappa shape index (κ1) is 14.1. The van der Waals surface area contributed by atoms with Crippen LogP contribution in [-0.2, 0) is 13.9 Å². The number of ether oxygens (including phenoxy) is 2. The van der Waals surface area contributed by atoms with Crippen LogP contribution in [0, 0.1) is 0 Å². The van der Waals surface area contributed by atoms with Gasteiger partial charge in [0.25, 0.3) is 5.97 Å². The van der Waals surface area contributed by atoms with Crippen LogP contribution in [0.2, 0.25) is 0 Å². The molecule has 0 atom stereocenters. The normalized spacial score (nSPS) is 12.2. The van der Waals surface area contributed by atoms with E-state index >= 15 is 0 Å². The highest BCUT2D eigenvalue weighted by molar-refractivity contribution is 5.98. The topological polar surface area (TPSA) is 27.7 Å². The largest absolute Gasteiger partial charge is 0.380 e. The van der Waals surface area contributed by atoms with Crippen LogP contribution in [0.5, 0.6) is 0 Å². The van der Waals surface area contributed by atoms with E-state index in [1.54, 1.807) is 14.2 Å². The number of hydrogen-bond donors (Lipinski definition) is 0. The molecular formula is C10H24O3Si. The second kappa shape index (κ2) is 8.41. The molecule has 86 valence electrons. The Morgan fingerprint density at radius 1 is 1.00 bits per heavy atom. The molecule has 0 aliphatic rings. The fraction of sp³-hybridized carbons (Fsp3) is 1.00. The molecule has 0 N–H and O–H groups in total. The van der Waals surface area contributed by atoms with Gasteiger partial charge >= 0.3 is 0 Å². The minimum absolute atomic E-state index is 0.635. The van der Waals surface area contributed by atoms with Crippen molar-refractivity contribution in [3.8, 4) is 0 Å². The van der Waals surface area contributed by atoms with Gasteiger partial charge in [-0.3, -0.25) is 0 Å². The van der Waals surface area contributed by atoms with E-state index in [1.165, 1.54) is 25.7 Å². The molecule has 0 heterocycles. The number of rotatable bonds is 9. The van der Waals surface area contributed by atoms with Crippen LogP contribution in [-0.4, -0.2) is 30.7 Å². The fourth-order valence-electron chi connectivity index (χ4n) is 1.50. The molecule has 0 aromatic heterocycles. The molecule has 0 amide bonds. The molecule has 0 bridgehead atoms. The zero-order chi connectivity index (χ0) is 10.9. The van der Waals surface area contributed by atoms with Crippen LogP contribution in [0.15, 0.2) is 0 Å². The molecule has 0 rings (SSSR count). The minimum Gasteiger partial charge on any atom is -0.380 e. The lowest BCUT2D eigenvalue weighted by Gasteiger charge is -2.29. The van der Waals surface area contributed by atoms with Crippen LogP contribution in [0.25, 0.3) is 0 Å². The van der Waals surface area contributed by atoms with Crippen molar-refractivity contribution in [3.63, 3.8) is 0 Å². The van der Waals surface area contributed by atoms with Gasteiger partial charge < -0.3 is 13.9 Å². The van der Waals surface area contributed by atoms with Crippen molar-refractivity contribution in [1.82, 2.24) is 0 Å². The third kappa shape index (κ3) is 5.10. The van der Waals surface area contributed by atoms with Crippen molar-refractivity contribution in [2.45, 2.75) is 51.4 Å². The maximum Gasteiger partial charge on any atom is 0.272 e. The molecular weight excluding hydrogens is 196 g/mol. The SMILES string of the molecule is CCCCCCCC(OC)(OC)O[SiH3]. The van der Waals surface area contributed by atoms with Crippen molar-refractivity contribution in [2.75, 3.05) is 14.2 Å². The van der Waals surface area contributed by atoms with Gasteiger partial charge in [-0.05, 0) is 6.42 Å². The molecule has 0 fully saturated rings. The first-order chi connectivity index (χ1) is 6.74. The lowest BCUT2D eigenvalue weighted by Crippen LogP contribution is -2.36. The Morgan fingerprint density at radius 2 is 1.57 bits per heavy atom. The molecule has 4 heteroatoms. The lowest BCUT2D eigenvalue weighted by molar-refractivity contribution is -0.325. The van der Waals surface area contributed by atoms with Crippen molar-refractivity contribution >= 4 is 10.5 Å². The molecule has 0 aromatic rings. The van der Waals surface area contributed by atoms with Gasteiger partial charge in [-0.15, -0.1) is 0 Å². The molecule has 0 saturated heterocycles. The van der Waals surface area contributed by atoms with Gasteiger partial charge in [-0.25, -0.2) is 0 Å². The van der Waals surface area contributed by atoms with Gasteiger partial charge in [0.15, 0.2) is 10.5 Å². The van der Waals surface area contributed by atoms with E-state index in [0.717, 1.165) is 12.8 Å². The van der Waals surface area contributed by atoms with Crippen LogP contribution >= 0.6 is 0 Å². The van der Waals surface area contributed by atoms with Gasteiger partial charge in [-0.2, -0.15) is 0 Å². The van der Waals surface area contributed by atoms with E-state index in [4.69, 9.17) is 13.9 Å². The maximum absolute atomic E-state index is 5.34. The number of hydrogen-bond acceptors (Lipinski definition) is 3. The Kier molecular flexibility index (Phi) is 8.47. The summed E-state index contributed by atoms with van der Waals surface area (Å²) in [5.74, 6) is -0.765. The predicted molar refractivity (Wildman–Crippen MR) is 61.1 cm³/mol. The van der Waals surface area contributed by atoms with Crippen molar-refractivity contribution in [3.05, 3.63) is 0 Å². The standard InChI is InChI=1S/C10H24O3Si/c1-4-5-6-7-8-9-10(11-2,12-3)13-14/h4-9H2,1-3,14H3. The Bertz CT molecular complexity index is 118. The van der Waals surface area contributed by atoms with Crippen LogP contribution in [0.1, 0.15) is 45.4 Å². The molecule has 0 radical (unpaired) electrons. The van der Waals surface area contributed by atoms with Gasteiger partial charge in [0, 0.05) is 20.6 Å². The van der Waals surface area contributed by atoms with E-state index < -0.39 is 5.97 Å². The van der Waals surface area contributed by atoms with Crippen LogP contribution in [0.3, 0.4) is 0 Å². The Hall–Kier alpha value is 0.0969. The first-order valence-corrected chi connectivity index (χ1v) is 6.21. The molecule has 0 saturated carbocycles. The first-order valence-electron chi connectivity index (χ1n) is 5.40. The number of unbranched alkanes of at least 4 members (excludes halogenated alkanes) is 4. The summed E-state index contributed by atoms with van der Waals surface area (Å²) in [4.78, 5) is 0. The smallest absolute Gasteiger partial charge is 0.272 e. The van der Waals surface area contributed by atoms with Gasteiger partial charge in [0.1, 0.15) is 0 Å². The summed E-state index contributed by atoms with van der Waals surface area (Å²) in [6.45, 7) is 2.22. The van der Waals surface area contributed by atoms with Gasteiger partial charge in [-0.1, -0.05) is 32.6 Å². The third-order valence-corrected chi connectivity index (χ3v) is 3.14. The molecule has 14 heavy (non-hydrogen) atoms. The Balaban J connectivity index is 3.61. The quantitative estimate of drug-likeness (QED) is 0.335.